The SMILES string of the molecule is CC(C)CC(=O)N1CCN(c2cc(Cl)nc(SCC(=O)N3CCN(C/C=C/c4ccccc4)CC3)n2)CC1C. The summed E-state index contributed by atoms with van der Waals surface area (Å²) >= 11 is 7.67. The molecule has 2 fully saturated rings. The van der Waals surface area contributed by atoms with Crippen molar-refractivity contribution in [2.24, 2.45) is 5.92 Å². The number of hydrogen-bond donors (Lipinski definition) is 0. The summed E-state index contributed by atoms with van der Waals surface area (Å²) in [7, 11) is 0. The highest BCUT2D eigenvalue weighted by Gasteiger charge is 2.29. The number of hydrogen-bond acceptors (Lipinski definition) is 7. The number of benzene rings is 1. The highest BCUT2D eigenvalue weighted by molar-refractivity contribution is 7.99. The molecule has 8 nitrogen and oxygen atoms in total. The first-order valence-electron chi connectivity index (χ1n) is 13.7. The van der Waals surface area contributed by atoms with Crippen LogP contribution in [0.4, 0.5) is 5.82 Å². The smallest absolute Gasteiger partial charge is 0.233 e. The molecule has 1 aromatic carbocycles. The molecule has 0 saturated carbocycles. The van der Waals surface area contributed by atoms with E-state index in [1.165, 1.54) is 17.3 Å². The van der Waals surface area contributed by atoms with E-state index >= 15 is 0 Å². The van der Waals surface area contributed by atoms with Gasteiger partial charge in [0.15, 0.2) is 5.16 Å². The van der Waals surface area contributed by atoms with E-state index in [1.54, 1.807) is 6.07 Å². The van der Waals surface area contributed by atoms with Crippen LogP contribution < -0.4 is 4.90 Å². The fraction of sp³-hybridized carbons (Fsp3) is 0.517. The molecule has 10 heteroatoms. The molecule has 1 unspecified atom stereocenters. The van der Waals surface area contributed by atoms with Crippen LogP contribution in [0.5, 0.6) is 0 Å². The van der Waals surface area contributed by atoms with Crippen molar-refractivity contribution in [3.63, 3.8) is 0 Å². The largest absolute Gasteiger partial charge is 0.353 e. The lowest BCUT2D eigenvalue weighted by Crippen LogP contribution is -2.54. The second-order valence-electron chi connectivity index (χ2n) is 10.6. The van der Waals surface area contributed by atoms with Gasteiger partial charge in [0.2, 0.25) is 11.8 Å². The second-order valence-corrected chi connectivity index (χ2v) is 11.9. The number of carbonyl (C=O) groups excluding carboxylic acids is 2. The van der Waals surface area contributed by atoms with Crippen molar-refractivity contribution in [1.82, 2.24) is 24.7 Å². The van der Waals surface area contributed by atoms with Crippen molar-refractivity contribution in [2.75, 3.05) is 63.0 Å². The number of thioether (sulfide) groups is 1. The molecule has 2 aliphatic heterocycles. The van der Waals surface area contributed by atoms with Crippen molar-refractivity contribution >= 4 is 47.1 Å². The normalized spacial score (nSPS) is 18.8. The van der Waals surface area contributed by atoms with E-state index in [0.717, 1.165) is 38.5 Å². The van der Waals surface area contributed by atoms with Gasteiger partial charge < -0.3 is 14.7 Å². The van der Waals surface area contributed by atoms with Crippen LogP contribution in [-0.4, -0.2) is 101 Å². The molecule has 1 aromatic heterocycles. The molecule has 39 heavy (non-hydrogen) atoms. The number of carbonyl (C=O) groups is 2. The van der Waals surface area contributed by atoms with E-state index in [1.807, 2.05) is 28.0 Å². The minimum Gasteiger partial charge on any atom is -0.353 e. The summed E-state index contributed by atoms with van der Waals surface area (Å²) in [5.74, 6) is 1.66. The van der Waals surface area contributed by atoms with E-state index in [9.17, 15) is 9.59 Å². The van der Waals surface area contributed by atoms with Crippen LogP contribution in [0.1, 0.15) is 32.8 Å². The monoisotopic (exact) mass is 570 g/mol. The third kappa shape index (κ3) is 8.68. The zero-order valence-corrected chi connectivity index (χ0v) is 24.7. The zero-order chi connectivity index (χ0) is 27.8. The second kappa shape index (κ2) is 14.1. The first-order chi connectivity index (χ1) is 18.8. The predicted molar refractivity (Wildman–Crippen MR) is 159 cm³/mol. The lowest BCUT2D eigenvalue weighted by Gasteiger charge is -2.40. The third-order valence-electron chi connectivity index (χ3n) is 7.04. The highest BCUT2D eigenvalue weighted by atomic mass is 35.5. The van der Waals surface area contributed by atoms with E-state index in [0.29, 0.717) is 42.3 Å². The number of halogens is 1. The molecule has 2 aromatic rings. The number of amides is 2. The van der Waals surface area contributed by atoms with Gasteiger partial charge in [0, 0.05) is 70.9 Å². The molecule has 0 radical (unpaired) electrons. The van der Waals surface area contributed by atoms with Gasteiger partial charge in [-0.25, -0.2) is 9.97 Å². The maximum absolute atomic E-state index is 12.9. The molecule has 210 valence electrons. The molecule has 3 heterocycles. The average Bonchev–Trinajstić information content (AvgIpc) is 2.92. The minimum atomic E-state index is 0.0870. The predicted octanol–water partition coefficient (Wildman–Crippen LogP) is 4.16. The molecule has 4 rings (SSSR count). The summed E-state index contributed by atoms with van der Waals surface area (Å²) in [6.45, 7) is 12.3. The van der Waals surface area contributed by atoms with Gasteiger partial charge in [0.25, 0.3) is 0 Å². The van der Waals surface area contributed by atoms with Gasteiger partial charge in [-0.3, -0.25) is 14.5 Å². The molecule has 0 spiro atoms. The Morgan fingerprint density at radius 3 is 2.49 bits per heavy atom. The molecular formula is C29H39ClN6O2S. The first kappa shape index (κ1) is 29.4. The number of rotatable bonds is 9. The number of nitrogens with zero attached hydrogens (tertiary/aromatic N) is 6. The Balaban J connectivity index is 1.24. The Hall–Kier alpha value is -2.62. The molecule has 0 N–H and O–H groups in total. The number of piperazine rings is 2. The number of aromatic nitrogens is 2. The van der Waals surface area contributed by atoms with Gasteiger partial charge in [-0.05, 0) is 18.4 Å². The molecule has 0 aliphatic carbocycles. The Morgan fingerprint density at radius 2 is 1.79 bits per heavy atom. The van der Waals surface area contributed by atoms with Crippen LogP contribution in [0.3, 0.4) is 0 Å². The van der Waals surface area contributed by atoms with Crippen molar-refractivity contribution in [3.05, 3.63) is 53.2 Å². The Bertz CT molecular complexity index is 1140. The fourth-order valence-electron chi connectivity index (χ4n) is 4.91. The van der Waals surface area contributed by atoms with Crippen LogP contribution in [-0.2, 0) is 9.59 Å². The van der Waals surface area contributed by atoms with Gasteiger partial charge in [0.1, 0.15) is 11.0 Å². The van der Waals surface area contributed by atoms with Crippen LogP contribution in [0.2, 0.25) is 5.15 Å². The van der Waals surface area contributed by atoms with Crippen molar-refractivity contribution in [2.45, 2.75) is 38.4 Å². The lowest BCUT2D eigenvalue weighted by atomic mass is 10.1. The molecule has 2 aliphatic rings. The molecule has 0 bridgehead atoms. The number of anilines is 1. The van der Waals surface area contributed by atoms with Gasteiger partial charge in [0.05, 0.1) is 5.75 Å². The van der Waals surface area contributed by atoms with Crippen LogP contribution in [0.15, 0.2) is 47.6 Å². The van der Waals surface area contributed by atoms with Gasteiger partial charge >= 0.3 is 0 Å². The molecule has 2 saturated heterocycles. The lowest BCUT2D eigenvalue weighted by molar-refractivity contribution is -0.134. The maximum Gasteiger partial charge on any atom is 0.233 e. The molecule has 2 amide bonds. The van der Waals surface area contributed by atoms with E-state index in [2.05, 4.69) is 59.8 Å². The minimum absolute atomic E-state index is 0.0870. The fourth-order valence-corrected chi connectivity index (χ4v) is 5.90. The van der Waals surface area contributed by atoms with Crippen LogP contribution in [0.25, 0.3) is 6.08 Å². The first-order valence-corrected chi connectivity index (χ1v) is 15.1. The van der Waals surface area contributed by atoms with E-state index in [-0.39, 0.29) is 23.6 Å². The van der Waals surface area contributed by atoms with Crippen molar-refractivity contribution in [1.29, 1.82) is 0 Å². The summed E-state index contributed by atoms with van der Waals surface area (Å²) < 4.78 is 0. The third-order valence-corrected chi connectivity index (χ3v) is 8.06. The van der Waals surface area contributed by atoms with Gasteiger partial charge in [-0.2, -0.15) is 0 Å². The van der Waals surface area contributed by atoms with Crippen molar-refractivity contribution in [3.8, 4) is 0 Å². The van der Waals surface area contributed by atoms with Crippen molar-refractivity contribution < 1.29 is 9.59 Å². The summed E-state index contributed by atoms with van der Waals surface area (Å²) in [4.78, 5) is 42.9. The highest BCUT2D eigenvalue weighted by Crippen LogP contribution is 2.25. The molecule has 1 atom stereocenters. The Labute approximate surface area is 241 Å². The maximum atomic E-state index is 12.9. The summed E-state index contributed by atoms with van der Waals surface area (Å²) in [6, 6.07) is 12.1. The van der Waals surface area contributed by atoms with Gasteiger partial charge in [-0.1, -0.05) is 79.7 Å². The average molecular weight is 571 g/mol. The zero-order valence-electron chi connectivity index (χ0n) is 23.1. The van der Waals surface area contributed by atoms with Crippen LogP contribution >= 0.6 is 23.4 Å². The van der Waals surface area contributed by atoms with Crippen LogP contribution in [0, 0.1) is 5.92 Å². The quantitative estimate of drug-likeness (QED) is 0.255. The molecular weight excluding hydrogens is 532 g/mol. The standard InChI is InChI=1S/C29H39ClN6O2S/c1-22(2)18-27(37)36-17-16-35(20-23(36)3)26-19-25(30)31-29(32-26)39-21-28(38)34-14-12-33(13-15-34)11-7-10-24-8-5-4-6-9-24/h4-10,19,22-23H,11-18,20-21H2,1-3H3/b10-7+. The Kier molecular flexibility index (Phi) is 10.6. The topological polar surface area (TPSA) is 72.9 Å². The van der Waals surface area contributed by atoms with E-state index in [4.69, 9.17) is 16.6 Å². The summed E-state index contributed by atoms with van der Waals surface area (Å²) in [6.07, 6.45) is 4.89. The van der Waals surface area contributed by atoms with E-state index < -0.39 is 0 Å². The summed E-state index contributed by atoms with van der Waals surface area (Å²) in [5.41, 5.74) is 1.20. The van der Waals surface area contributed by atoms with Gasteiger partial charge in [-0.15, -0.1) is 0 Å². The Morgan fingerprint density at radius 1 is 1.05 bits per heavy atom. The summed E-state index contributed by atoms with van der Waals surface area (Å²) in [5, 5.41) is 0.861.